The summed E-state index contributed by atoms with van der Waals surface area (Å²) in [5, 5.41) is 22.5. The number of hydrogen-bond acceptors (Lipinski definition) is 6. The van der Waals surface area contributed by atoms with E-state index in [-0.39, 0.29) is 0 Å². The molecular formula is C16H10BrN7S. The third-order valence-electron chi connectivity index (χ3n) is 3.87. The van der Waals surface area contributed by atoms with Gasteiger partial charge in [0.05, 0.1) is 5.52 Å². The summed E-state index contributed by atoms with van der Waals surface area (Å²) < 4.78 is 4.59. The molecule has 0 unspecified atom stereocenters. The first-order valence-corrected chi connectivity index (χ1v) is 9.15. The van der Waals surface area contributed by atoms with E-state index >= 15 is 0 Å². The Bertz CT molecular complexity index is 1210. The monoisotopic (exact) mass is 411 g/mol. The fraction of sp³-hybridized carbons (Fsp3) is 0.0625. The lowest BCUT2D eigenvalue weighted by atomic mass is 10.2. The number of fused-ring (bicyclic) bond motifs is 2. The normalized spacial score (nSPS) is 11.6. The molecule has 0 aliphatic carbocycles. The van der Waals surface area contributed by atoms with Crippen LogP contribution in [-0.4, -0.2) is 34.8 Å². The van der Waals surface area contributed by atoms with Crippen molar-refractivity contribution >= 4 is 43.3 Å². The Morgan fingerprint density at radius 2 is 1.80 bits per heavy atom. The Labute approximate surface area is 154 Å². The highest BCUT2D eigenvalue weighted by Gasteiger charge is 2.16. The van der Waals surface area contributed by atoms with Crippen molar-refractivity contribution < 1.29 is 0 Å². The van der Waals surface area contributed by atoms with Gasteiger partial charge in [-0.05, 0) is 18.2 Å². The van der Waals surface area contributed by atoms with Crippen LogP contribution in [0.3, 0.4) is 0 Å². The van der Waals surface area contributed by atoms with Crippen molar-refractivity contribution in [2.75, 3.05) is 0 Å². The second-order valence-electron chi connectivity index (χ2n) is 5.43. The highest BCUT2D eigenvalue weighted by atomic mass is 79.9. The topological polar surface area (TPSA) is 73.8 Å². The summed E-state index contributed by atoms with van der Waals surface area (Å²) in [6.07, 6.45) is 0. The highest BCUT2D eigenvalue weighted by Crippen LogP contribution is 2.31. The van der Waals surface area contributed by atoms with Crippen LogP contribution >= 0.6 is 27.3 Å². The molecule has 0 saturated heterocycles. The number of benzene rings is 2. The predicted octanol–water partition coefficient (Wildman–Crippen LogP) is 3.41. The molecule has 25 heavy (non-hydrogen) atoms. The maximum absolute atomic E-state index is 4.68. The molecule has 0 aliphatic rings. The summed E-state index contributed by atoms with van der Waals surface area (Å²) in [7, 11) is 0. The molecule has 5 aromatic rings. The van der Waals surface area contributed by atoms with Crippen LogP contribution < -0.4 is 0 Å². The Hall–Kier alpha value is -2.65. The van der Waals surface area contributed by atoms with Gasteiger partial charge in [-0.1, -0.05) is 62.8 Å². The average molecular weight is 412 g/mol. The molecule has 3 aromatic heterocycles. The molecule has 0 aliphatic heterocycles. The molecule has 0 radical (unpaired) electrons. The average Bonchev–Trinajstić information content (AvgIpc) is 3.32. The summed E-state index contributed by atoms with van der Waals surface area (Å²) in [5.74, 6) is 0.722. The Balaban J connectivity index is 1.57. The minimum atomic E-state index is 0.459. The maximum atomic E-state index is 4.68. The van der Waals surface area contributed by atoms with E-state index in [2.05, 4.69) is 41.5 Å². The van der Waals surface area contributed by atoms with E-state index in [0.29, 0.717) is 6.54 Å². The van der Waals surface area contributed by atoms with Gasteiger partial charge >= 0.3 is 0 Å². The largest absolute Gasteiger partial charge is 0.237 e. The number of rotatable bonds is 3. The number of para-hydroxylation sites is 1. The van der Waals surface area contributed by atoms with Crippen molar-refractivity contribution in [1.29, 1.82) is 0 Å². The summed E-state index contributed by atoms with van der Waals surface area (Å²) in [6, 6.07) is 15.8. The number of hydrogen-bond donors (Lipinski definition) is 0. The Morgan fingerprint density at radius 1 is 0.960 bits per heavy atom. The predicted molar refractivity (Wildman–Crippen MR) is 98.4 cm³/mol. The highest BCUT2D eigenvalue weighted by molar-refractivity contribution is 9.10. The van der Waals surface area contributed by atoms with E-state index in [4.69, 9.17) is 0 Å². The molecule has 0 bridgehead atoms. The second kappa shape index (κ2) is 5.71. The molecule has 0 fully saturated rings. The van der Waals surface area contributed by atoms with Gasteiger partial charge < -0.3 is 0 Å². The summed E-state index contributed by atoms with van der Waals surface area (Å²) in [6.45, 7) is 0.459. The van der Waals surface area contributed by atoms with Crippen LogP contribution in [-0.2, 0) is 6.54 Å². The smallest absolute Gasteiger partial charge is 0.235 e. The molecule has 7 nitrogen and oxygen atoms in total. The first-order chi connectivity index (χ1) is 12.3. The van der Waals surface area contributed by atoms with Gasteiger partial charge in [0, 0.05) is 10.0 Å². The standard InChI is InChI=1S/C16H10BrN7S/c17-11-6-2-1-5-10(11)15-21-24-14(19-20-16(24)25-15)9-23-13-8-4-3-7-12(13)18-22-23/h1-8H,9H2. The summed E-state index contributed by atoms with van der Waals surface area (Å²) in [4.78, 5) is 0.755. The zero-order chi connectivity index (χ0) is 16.8. The molecule has 9 heteroatoms. The van der Waals surface area contributed by atoms with Crippen LogP contribution in [0.2, 0.25) is 0 Å². The van der Waals surface area contributed by atoms with E-state index in [1.807, 2.05) is 53.2 Å². The number of nitrogens with zero attached hydrogens (tertiary/aromatic N) is 7. The number of aromatic nitrogens is 7. The summed E-state index contributed by atoms with van der Waals surface area (Å²) >= 11 is 5.08. The molecule has 0 spiro atoms. The van der Waals surface area contributed by atoms with Crippen LogP contribution in [0.25, 0.3) is 26.6 Å². The molecule has 0 atom stereocenters. The van der Waals surface area contributed by atoms with Crippen molar-refractivity contribution in [2.45, 2.75) is 6.54 Å². The lowest BCUT2D eigenvalue weighted by Gasteiger charge is -2.00. The first-order valence-electron chi connectivity index (χ1n) is 7.54. The van der Waals surface area contributed by atoms with Crippen molar-refractivity contribution in [3.8, 4) is 10.6 Å². The molecule has 0 saturated carbocycles. The molecule has 0 N–H and O–H groups in total. The quantitative estimate of drug-likeness (QED) is 0.454. The van der Waals surface area contributed by atoms with E-state index in [0.717, 1.165) is 36.9 Å². The van der Waals surface area contributed by atoms with Crippen LogP contribution in [0.1, 0.15) is 5.82 Å². The Morgan fingerprint density at radius 3 is 2.72 bits per heavy atom. The first kappa shape index (κ1) is 14.7. The van der Waals surface area contributed by atoms with E-state index in [1.54, 1.807) is 4.52 Å². The minimum Gasteiger partial charge on any atom is -0.237 e. The van der Waals surface area contributed by atoms with Crippen molar-refractivity contribution in [1.82, 2.24) is 34.8 Å². The molecular weight excluding hydrogens is 402 g/mol. The van der Waals surface area contributed by atoms with Crippen molar-refractivity contribution in [3.05, 3.63) is 58.8 Å². The third-order valence-corrected chi connectivity index (χ3v) is 5.49. The molecule has 0 amide bonds. The van der Waals surface area contributed by atoms with Gasteiger partial charge in [-0.15, -0.1) is 15.3 Å². The van der Waals surface area contributed by atoms with E-state index < -0.39 is 0 Å². The van der Waals surface area contributed by atoms with Gasteiger partial charge in [0.1, 0.15) is 17.1 Å². The zero-order valence-electron chi connectivity index (χ0n) is 12.7. The molecule has 5 rings (SSSR count). The van der Waals surface area contributed by atoms with Gasteiger partial charge in [0.25, 0.3) is 0 Å². The van der Waals surface area contributed by atoms with Crippen LogP contribution in [0.5, 0.6) is 0 Å². The lowest BCUT2D eigenvalue weighted by molar-refractivity contribution is 0.628. The van der Waals surface area contributed by atoms with Crippen LogP contribution in [0, 0.1) is 0 Å². The van der Waals surface area contributed by atoms with E-state index in [1.165, 1.54) is 11.3 Å². The molecule has 122 valence electrons. The molecule has 2 aromatic carbocycles. The fourth-order valence-electron chi connectivity index (χ4n) is 2.67. The van der Waals surface area contributed by atoms with Crippen molar-refractivity contribution in [3.63, 3.8) is 0 Å². The zero-order valence-corrected chi connectivity index (χ0v) is 15.1. The van der Waals surface area contributed by atoms with Gasteiger partial charge in [0.2, 0.25) is 4.96 Å². The summed E-state index contributed by atoms with van der Waals surface area (Å²) in [5.41, 5.74) is 2.85. The van der Waals surface area contributed by atoms with Crippen LogP contribution in [0.15, 0.2) is 53.0 Å². The minimum absolute atomic E-state index is 0.459. The van der Waals surface area contributed by atoms with Gasteiger partial charge in [-0.3, -0.25) is 0 Å². The Kier molecular flexibility index (Phi) is 3.35. The molecule has 3 heterocycles. The number of halogens is 1. The fourth-order valence-corrected chi connectivity index (χ4v) is 4.17. The second-order valence-corrected chi connectivity index (χ2v) is 7.24. The third kappa shape index (κ3) is 2.43. The van der Waals surface area contributed by atoms with E-state index in [9.17, 15) is 0 Å². The van der Waals surface area contributed by atoms with Crippen molar-refractivity contribution in [2.24, 2.45) is 0 Å². The van der Waals surface area contributed by atoms with Gasteiger partial charge in [-0.25, -0.2) is 4.68 Å². The van der Waals surface area contributed by atoms with Gasteiger partial charge in [-0.2, -0.15) is 9.61 Å². The van der Waals surface area contributed by atoms with Crippen LogP contribution in [0.4, 0.5) is 0 Å². The maximum Gasteiger partial charge on any atom is 0.235 e. The lowest BCUT2D eigenvalue weighted by Crippen LogP contribution is -2.06. The SMILES string of the molecule is Brc1ccccc1-c1nn2c(Cn3nnc4ccccc43)nnc2s1. The van der Waals surface area contributed by atoms with Gasteiger partial charge in [0.15, 0.2) is 5.82 Å².